The van der Waals surface area contributed by atoms with E-state index in [1.54, 1.807) is 0 Å². The monoisotopic (exact) mass is 381 g/mol. The average Bonchev–Trinajstić information content (AvgIpc) is 3.27. The quantitative estimate of drug-likeness (QED) is 0.819. The third-order valence-corrected chi connectivity index (χ3v) is 5.90. The second-order valence-electron chi connectivity index (χ2n) is 9.44. The molecule has 1 aliphatic heterocycles. The summed E-state index contributed by atoms with van der Waals surface area (Å²) in [6, 6.07) is 4.12. The first-order valence-corrected chi connectivity index (χ1v) is 10.4. The Kier molecular flexibility index (Phi) is 5.13. The summed E-state index contributed by atoms with van der Waals surface area (Å²) in [5.41, 5.74) is 3.55. The van der Waals surface area contributed by atoms with E-state index in [4.69, 9.17) is 0 Å². The van der Waals surface area contributed by atoms with Crippen LogP contribution in [-0.2, 0) is 4.79 Å². The van der Waals surface area contributed by atoms with Crippen LogP contribution in [0.3, 0.4) is 0 Å². The van der Waals surface area contributed by atoms with Gasteiger partial charge >= 0.3 is 0 Å². The van der Waals surface area contributed by atoms with Crippen molar-refractivity contribution >= 4 is 11.7 Å². The number of hydrogen-bond acceptors (Lipinski definition) is 4. The van der Waals surface area contributed by atoms with Crippen molar-refractivity contribution < 1.29 is 4.79 Å². The van der Waals surface area contributed by atoms with Crippen molar-refractivity contribution in [3.8, 4) is 11.1 Å². The number of H-pyrrole nitrogens is 1. The highest BCUT2D eigenvalue weighted by molar-refractivity contribution is 5.80. The molecule has 0 bridgehead atoms. The van der Waals surface area contributed by atoms with E-state index >= 15 is 0 Å². The number of carbonyl (C=O) groups is 1. The van der Waals surface area contributed by atoms with E-state index in [0.29, 0.717) is 11.8 Å². The second-order valence-corrected chi connectivity index (χ2v) is 9.44. The SMILES string of the molecule is CC(C)(C)CNc1cc(-c2cn[nH]c2C2CCN(C(=O)C3CCC3)C2)ccn1. The molecule has 1 saturated heterocycles. The van der Waals surface area contributed by atoms with Crippen LogP contribution < -0.4 is 5.32 Å². The Morgan fingerprint density at radius 3 is 2.86 bits per heavy atom. The highest BCUT2D eigenvalue weighted by atomic mass is 16.2. The molecule has 1 unspecified atom stereocenters. The fraction of sp³-hybridized carbons (Fsp3) is 0.591. The lowest BCUT2D eigenvalue weighted by atomic mass is 9.84. The first-order chi connectivity index (χ1) is 13.4. The zero-order valence-electron chi connectivity index (χ0n) is 17.2. The minimum atomic E-state index is 0.193. The van der Waals surface area contributed by atoms with Crippen molar-refractivity contribution in [1.29, 1.82) is 0 Å². The summed E-state index contributed by atoms with van der Waals surface area (Å²) in [4.78, 5) is 19.1. The number of nitrogens with one attached hydrogen (secondary N) is 2. The van der Waals surface area contributed by atoms with Gasteiger partial charge in [0.05, 0.1) is 6.20 Å². The lowest BCUT2D eigenvalue weighted by molar-refractivity contribution is -0.137. The van der Waals surface area contributed by atoms with Gasteiger partial charge in [-0.05, 0) is 42.4 Å². The van der Waals surface area contributed by atoms with Crippen molar-refractivity contribution in [2.75, 3.05) is 25.0 Å². The van der Waals surface area contributed by atoms with E-state index in [1.165, 1.54) is 6.42 Å². The van der Waals surface area contributed by atoms with E-state index in [2.05, 4.69) is 52.2 Å². The number of hydrogen-bond donors (Lipinski definition) is 2. The summed E-state index contributed by atoms with van der Waals surface area (Å²) in [5.74, 6) is 1.83. The van der Waals surface area contributed by atoms with Gasteiger partial charge in [0, 0.05) is 48.9 Å². The second kappa shape index (κ2) is 7.57. The maximum absolute atomic E-state index is 12.6. The molecule has 1 saturated carbocycles. The van der Waals surface area contributed by atoms with Crippen molar-refractivity contribution in [1.82, 2.24) is 20.1 Å². The Morgan fingerprint density at radius 2 is 2.14 bits per heavy atom. The number of rotatable bonds is 5. The van der Waals surface area contributed by atoms with Gasteiger partial charge in [0.2, 0.25) is 5.91 Å². The Bertz CT molecular complexity index is 833. The maximum Gasteiger partial charge on any atom is 0.225 e. The highest BCUT2D eigenvalue weighted by Gasteiger charge is 2.35. The van der Waals surface area contributed by atoms with E-state index in [9.17, 15) is 4.79 Å². The smallest absolute Gasteiger partial charge is 0.225 e. The number of aromatic amines is 1. The minimum absolute atomic E-state index is 0.193. The molecule has 150 valence electrons. The van der Waals surface area contributed by atoms with Gasteiger partial charge in [0.15, 0.2) is 0 Å². The average molecular weight is 382 g/mol. The number of pyridine rings is 1. The zero-order valence-corrected chi connectivity index (χ0v) is 17.2. The van der Waals surface area contributed by atoms with E-state index in [1.807, 2.05) is 18.5 Å². The van der Waals surface area contributed by atoms with Crippen LogP contribution >= 0.6 is 0 Å². The molecular weight excluding hydrogens is 350 g/mol. The first-order valence-electron chi connectivity index (χ1n) is 10.4. The van der Waals surface area contributed by atoms with Gasteiger partial charge in [0.25, 0.3) is 0 Å². The van der Waals surface area contributed by atoms with Crippen LogP contribution in [0.2, 0.25) is 0 Å². The fourth-order valence-corrected chi connectivity index (χ4v) is 4.00. The van der Waals surface area contributed by atoms with Crippen LogP contribution in [-0.4, -0.2) is 45.6 Å². The van der Waals surface area contributed by atoms with Gasteiger partial charge in [-0.15, -0.1) is 0 Å². The summed E-state index contributed by atoms with van der Waals surface area (Å²) >= 11 is 0. The summed E-state index contributed by atoms with van der Waals surface area (Å²) in [7, 11) is 0. The lowest BCUT2D eigenvalue weighted by Gasteiger charge is -2.29. The molecule has 2 aromatic rings. The van der Waals surface area contributed by atoms with Gasteiger partial charge in [-0.2, -0.15) is 5.10 Å². The fourth-order valence-electron chi connectivity index (χ4n) is 4.00. The number of nitrogens with zero attached hydrogens (tertiary/aromatic N) is 3. The Hall–Kier alpha value is -2.37. The van der Waals surface area contributed by atoms with Gasteiger partial charge < -0.3 is 10.2 Å². The molecule has 2 aromatic heterocycles. The van der Waals surface area contributed by atoms with Crippen LogP contribution in [0.1, 0.15) is 58.1 Å². The lowest BCUT2D eigenvalue weighted by Crippen LogP contribution is -2.37. The van der Waals surface area contributed by atoms with Gasteiger partial charge in [-0.25, -0.2) is 4.98 Å². The van der Waals surface area contributed by atoms with Gasteiger partial charge in [-0.1, -0.05) is 27.2 Å². The minimum Gasteiger partial charge on any atom is -0.370 e. The summed E-state index contributed by atoms with van der Waals surface area (Å²) < 4.78 is 0. The molecular formula is C22H31N5O. The van der Waals surface area contributed by atoms with Crippen LogP contribution in [0.5, 0.6) is 0 Å². The predicted octanol–water partition coefficient (Wildman–Crippen LogP) is 4.05. The highest BCUT2D eigenvalue weighted by Crippen LogP contribution is 2.36. The van der Waals surface area contributed by atoms with Crippen LogP contribution in [0, 0.1) is 11.3 Å². The number of anilines is 1. The standard InChI is InChI=1S/C22H31N5O/c1-22(2,3)14-24-19-11-16(7-9-23-19)18-12-25-26-20(18)17-8-10-27(13-17)21(28)15-5-4-6-15/h7,9,11-12,15,17H,4-6,8,10,13-14H2,1-3H3,(H,23,24)(H,25,26). The molecule has 2 fully saturated rings. The molecule has 4 rings (SSSR count). The van der Waals surface area contributed by atoms with Crippen molar-refractivity contribution in [2.45, 2.75) is 52.4 Å². The number of amides is 1. The topological polar surface area (TPSA) is 73.9 Å². The molecule has 6 nitrogen and oxygen atoms in total. The Morgan fingerprint density at radius 1 is 1.32 bits per heavy atom. The van der Waals surface area contributed by atoms with Crippen LogP contribution in [0.25, 0.3) is 11.1 Å². The maximum atomic E-state index is 12.6. The summed E-state index contributed by atoms with van der Waals surface area (Å²) in [5, 5.41) is 11.0. The molecule has 1 atom stereocenters. The van der Waals surface area contributed by atoms with Gasteiger partial charge in [0.1, 0.15) is 5.82 Å². The van der Waals surface area contributed by atoms with E-state index < -0.39 is 0 Å². The number of likely N-dealkylation sites (tertiary alicyclic amines) is 1. The van der Waals surface area contributed by atoms with Crippen molar-refractivity contribution in [3.05, 3.63) is 30.2 Å². The molecule has 3 heterocycles. The van der Waals surface area contributed by atoms with Crippen molar-refractivity contribution in [3.63, 3.8) is 0 Å². The summed E-state index contributed by atoms with van der Waals surface area (Å²) in [6.45, 7) is 9.12. The third-order valence-electron chi connectivity index (χ3n) is 5.90. The van der Waals surface area contributed by atoms with Crippen LogP contribution in [0.15, 0.2) is 24.5 Å². The molecule has 2 aliphatic rings. The molecule has 28 heavy (non-hydrogen) atoms. The molecule has 2 N–H and O–H groups in total. The largest absolute Gasteiger partial charge is 0.370 e. The van der Waals surface area contributed by atoms with Crippen LogP contribution in [0.4, 0.5) is 5.82 Å². The van der Waals surface area contributed by atoms with Crippen molar-refractivity contribution in [2.24, 2.45) is 11.3 Å². The number of aromatic nitrogens is 3. The first kappa shape index (κ1) is 19.0. The Labute approximate surface area is 167 Å². The molecule has 0 radical (unpaired) electrons. The third kappa shape index (κ3) is 4.05. The zero-order chi connectivity index (χ0) is 19.7. The van der Waals surface area contributed by atoms with E-state index in [0.717, 1.165) is 61.5 Å². The van der Waals surface area contributed by atoms with E-state index in [-0.39, 0.29) is 11.3 Å². The van der Waals surface area contributed by atoms with Gasteiger partial charge in [-0.3, -0.25) is 9.89 Å². The molecule has 1 amide bonds. The molecule has 6 heteroatoms. The molecule has 0 spiro atoms. The molecule has 1 aliphatic carbocycles. The normalized spacial score (nSPS) is 20.2. The predicted molar refractivity (Wildman–Crippen MR) is 111 cm³/mol. The molecule has 0 aromatic carbocycles. The Balaban J connectivity index is 1.48. The summed E-state index contributed by atoms with van der Waals surface area (Å²) in [6.07, 6.45) is 8.07. The number of carbonyl (C=O) groups excluding carboxylic acids is 1.